The number of ether oxygens (including phenoxy) is 4. The van der Waals surface area contributed by atoms with E-state index in [-0.39, 0.29) is 63.7 Å². The zero-order valence-electron chi connectivity index (χ0n) is 29.1. The van der Waals surface area contributed by atoms with Crippen molar-refractivity contribution in [3.05, 3.63) is 12.2 Å². The molecule has 5 aliphatic carbocycles. The van der Waals surface area contributed by atoms with Gasteiger partial charge in [-0.15, -0.1) is 0 Å². The summed E-state index contributed by atoms with van der Waals surface area (Å²) < 4.78 is 25.3. The number of rotatable bonds is 3. The molecule has 46 heavy (non-hydrogen) atoms. The van der Waals surface area contributed by atoms with Crippen LogP contribution in [0.2, 0.25) is 0 Å². The van der Waals surface area contributed by atoms with E-state index in [1.54, 1.807) is 0 Å². The molecule has 0 radical (unpaired) electrons. The van der Waals surface area contributed by atoms with Crippen LogP contribution in [0.25, 0.3) is 0 Å². The number of hydrogen-bond donors (Lipinski definition) is 4. The van der Waals surface area contributed by atoms with Crippen molar-refractivity contribution in [1.82, 2.24) is 0 Å². The maximum absolute atomic E-state index is 12.4. The SMILES string of the molecule is CC(=O)O[C@H]1CC(C)(C)C[C@H]2[C@]13CO[C@@]21C=C[C@@H]2[C@@]4(C)CC[C@H](O[C@@H]5OC[C@H](O)[C@H](O)[C@H]5O)C(C)(C)[C@H]4CC[C@@]2(C)[C@]1(C)C[C@H]3O. The van der Waals surface area contributed by atoms with Crippen molar-refractivity contribution in [2.45, 2.75) is 149 Å². The molecule has 2 bridgehead atoms. The third-order valence-electron chi connectivity index (χ3n) is 15.6. The molecule has 2 aliphatic heterocycles. The molecular weight excluding hydrogens is 588 g/mol. The van der Waals surface area contributed by atoms with Crippen molar-refractivity contribution in [1.29, 1.82) is 0 Å². The summed E-state index contributed by atoms with van der Waals surface area (Å²) in [6.45, 7) is 18.2. The van der Waals surface area contributed by atoms with E-state index < -0.39 is 41.7 Å². The molecule has 15 atom stereocenters. The molecule has 0 aromatic rings. The van der Waals surface area contributed by atoms with E-state index in [4.69, 9.17) is 18.9 Å². The van der Waals surface area contributed by atoms with Crippen LogP contribution in [-0.2, 0) is 23.7 Å². The Morgan fingerprint density at radius 1 is 0.870 bits per heavy atom. The van der Waals surface area contributed by atoms with Gasteiger partial charge in [-0.3, -0.25) is 4.79 Å². The standard InChI is InChI=1S/C37H58O9/c1-20(38)45-27-17-31(2,3)15-24-36(27)19-44-37(24)14-10-23-33(6)12-11-26(46-30-29(42)28(41)21(39)18-43-30)32(4,5)22(33)9-13-34(23,7)35(37,8)16-25(36)40/h10,14,21-30,39-42H,9,11-13,15-19H2,1-8H3/t21-,22+,23+,24-,25+,26-,27-,28-,29+,30-,33-,34+,35-,36-,37-/m0/s1. The first-order valence-electron chi connectivity index (χ1n) is 17.8. The van der Waals surface area contributed by atoms with Gasteiger partial charge in [-0.25, -0.2) is 0 Å². The fraction of sp³-hybridized carbons (Fsp3) is 0.919. The second-order valence-corrected chi connectivity index (χ2v) is 18.6. The summed E-state index contributed by atoms with van der Waals surface area (Å²) >= 11 is 0. The zero-order valence-corrected chi connectivity index (χ0v) is 29.1. The van der Waals surface area contributed by atoms with Crippen LogP contribution in [0.1, 0.15) is 100 Å². The van der Waals surface area contributed by atoms with Gasteiger partial charge in [0.2, 0.25) is 0 Å². The van der Waals surface area contributed by atoms with Gasteiger partial charge in [0.05, 0.1) is 36.4 Å². The fourth-order valence-corrected chi connectivity index (χ4v) is 13.1. The topological polar surface area (TPSA) is 135 Å². The van der Waals surface area contributed by atoms with E-state index in [0.717, 1.165) is 38.5 Å². The highest BCUT2D eigenvalue weighted by Gasteiger charge is 2.81. The Kier molecular flexibility index (Phi) is 7.44. The van der Waals surface area contributed by atoms with Gasteiger partial charge < -0.3 is 39.4 Å². The highest BCUT2D eigenvalue weighted by atomic mass is 16.7. The first kappa shape index (κ1) is 33.4. The smallest absolute Gasteiger partial charge is 0.302 e. The summed E-state index contributed by atoms with van der Waals surface area (Å²) in [6, 6.07) is 0. The predicted octanol–water partition coefficient (Wildman–Crippen LogP) is 4.13. The van der Waals surface area contributed by atoms with E-state index in [0.29, 0.717) is 18.9 Å². The van der Waals surface area contributed by atoms with Crippen LogP contribution in [0, 0.1) is 50.2 Å². The van der Waals surface area contributed by atoms with E-state index >= 15 is 0 Å². The highest BCUT2D eigenvalue weighted by molar-refractivity contribution is 5.66. The molecule has 7 rings (SSSR count). The van der Waals surface area contributed by atoms with Crippen LogP contribution in [0.4, 0.5) is 0 Å². The Labute approximate surface area is 274 Å². The number of aliphatic hydroxyl groups excluding tert-OH is 4. The maximum Gasteiger partial charge on any atom is 0.302 e. The number of fused-ring (bicyclic) bond motifs is 4. The molecule has 0 aromatic carbocycles. The number of hydrogen-bond acceptors (Lipinski definition) is 9. The molecular formula is C37H58O9. The number of aliphatic hydroxyl groups is 4. The van der Waals surface area contributed by atoms with Gasteiger partial charge in [-0.05, 0) is 78.4 Å². The lowest BCUT2D eigenvalue weighted by atomic mass is 9.32. The van der Waals surface area contributed by atoms with Crippen molar-refractivity contribution in [2.75, 3.05) is 13.2 Å². The van der Waals surface area contributed by atoms with Crippen molar-refractivity contribution in [3.63, 3.8) is 0 Å². The summed E-state index contributed by atoms with van der Waals surface area (Å²) in [4.78, 5) is 12.4. The molecule has 0 aromatic heterocycles. The molecule has 2 heterocycles. The molecule has 1 spiro atoms. The van der Waals surface area contributed by atoms with Crippen LogP contribution in [0.5, 0.6) is 0 Å². The molecule has 9 nitrogen and oxygen atoms in total. The Balaban J connectivity index is 1.23. The fourth-order valence-electron chi connectivity index (χ4n) is 13.1. The largest absolute Gasteiger partial charge is 0.462 e. The molecule has 9 heteroatoms. The van der Waals surface area contributed by atoms with Crippen LogP contribution in [-0.4, -0.2) is 88.1 Å². The van der Waals surface area contributed by atoms with Gasteiger partial charge >= 0.3 is 5.97 Å². The van der Waals surface area contributed by atoms with E-state index in [2.05, 4.69) is 60.6 Å². The second kappa shape index (κ2) is 10.2. The average molecular weight is 647 g/mol. The van der Waals surface area contributed by atoms with Crippen molar-refractivity contribution in [2.24, 2.45) is 50.2 Å². The lowest BCUT2D eigenvalue weighted by molar-refractivity contribution is -0.311. The number of carbonyl (C=O) groups excluding carboxylic acids is 1. The molecule has 0 amide bonds. The Bertz CT molecular complexity index is 1280. The minimum Gasteiger partial charge on any atom is -0.462 e. The Hall–Kier alpha value is -1.07. The lowest BCUT2D eigenvalue weighted by Crippen LogP contribution is -2.74. The minimum atomic E-state index is -1.30. The summed E-state index contributed by atoms with van der Waals surface area (Å²) in [7, 11) is 0. The third kappa shape index (κ3) is 4.08. The number of allylic oxidation sites excluding steroid dienone is 1. The third-order valence-corrected chi connectivity index (χ3v) is 15.6. The van der Waals surface area contributed by atoms with Gasteiger partial charge in [0.25, 0.3) is 0 Å². The quantitative estimate of drug-likeness (QED) is 0.203. The van der Waals surface area contributed by atoms with E-state index in [1.807, 2.05) is 0 Å². The molecule has 4 N–H and O–H groups in total. The van der Waals surface area contributed by atoms with Crippen LogP contribution in [0.3, 0.4) is 0 Å². The molecule has 2 saturated heterocycles. The van der Waals surface area contributed by atoms with Crippen molar-refractivity contribution >= 4 is 5.97 Å². The first-order chi connectivity index (χ1) is 21.3. The minimum absolute atomic E-state index is 0.0383. The van der Waals surface area contributed by atoms with E-state index in [9.17, 15) is 25.2 Å². The normalized spacial score (nSPS) is 56.6. The highest BCUT2D eigenvalue weighted by Crippen LogP contribution is 2.79. The van der Waals surface area contributed by atoms with Crippen LogP contribution < -0.4 is 0 Å². The van der Waals surface area contributed by atoms with Gasteiger partial charge in [-0.1, -0.05) is 60.6 Å². The molecule has 4 saturated carbocycles. The van der Waals surface area contributed by atoms with Gasteiger partial charge in [0, 0.05) is 18.3 Å². The zero-order chi connectivity index (χ0) is 33.5. The monoisotopic (exact) mass is 646 g/mol. The van der Waals surface area contributed by atoms with Gasteiger partial charge in [-0.2, -0.15) is 0 Å². The van der Waals surface area contributed by atoms with Crippen LogP contribution >= 0.6 is 0 Å². The number of carbonyl (C=O) groups is 1. The number of esters is 1. The second-order valence-electron chi connectivity index (χ2n) is 18.6. The maximum atomic E-state index is 12.4. The Morgan fingerprint density at radius 2 is 1.59 bits per heavy atom. The van der Waals surface area contributed by atoms with E-state index in [1.165, 1.54) is 6.92 Å². The van der Waals surface area contributed by atoms with Crippen molar-refractivity contribution in [3.8, 4) is 0 Å². The lowest BCUT2D eigenvalue weighted by Gasteiger charge is -2.73. The first-order valence-corrected chi connectivity index (χ1v) is 17.8. The summed E-state index contributed by atoms with van der Waals surface area (Å²) in [5.74, 6) is 0.329. The molecule has 0 unspecified atom stereocenters. The van der Waals surface area contributed by atoms with Crippen molar-refractivity contribution < 1.29 is 44.2 Å². The summed E-state index contributed by atoms with van der Waals surface area (Å²) in [5, 5.41) is 43.2. The Morgan fingerprint density at radius 3 is 2.28 bits per heavy atom. The van der Waals surface area contributed by atoms with Gasteiger partial charge in [0.1, 0.15) is 24.4 Å². The summed E-state index contributed by atoms with van der Waals surface area (Å²) in [5.41, 5.74) is -1.97. The average Bonchev–Trinajstić information content (AvgIpc) is 3.22. The predicted molar refractivity (Wildman–Crippen MR) is 169 cm³/mol. The van der Waals surface area contributed by atoms with Gasteiger partial charge in [0.15, 0.2) is 6.29 Å². The molecule has 7 aliphatic rings. The molecule has 260 valence electrons. The molecule has 6 fully saturated rings. The summed E-state index contributed by atoms with van der Waals surface area (Å²) in [6.07, 6.45) is 4.93. The van der Waals surface area contributed by atoms with Crippen LogP contribution in [0.15, 0.2) is 12.2 Å².